The van der Waals surface area contributed by atoms with Crippen LogP contribution in [0.25, 0.3) is 0 Å². The number of amides is 1. The van der Waals surface area contributed by atoms with Gasteiger partial charge in [-0.1, -0.05) is 20.8 Å². The van der Waals surface area contributed by atoms with Gasteiger partial charge in [-0.25, -0.2) is 0 Å². The van der Waals surface area contributed by atoms with Crippen LogP contribution >= 0.6 is 11.8 Å². The molecule has 0 atom stereocenters. The Kier molecular flexibility index (Phi) is 5.54. The van der Waals surface area contributed by atoms with E-state index in [0.29, 0.717) is 22.9 Å². The van der Waals surface area contributed by atoms with Crippen LogP contribution in [0.2, 0.25) is 0 Å². The van der Waals surface area contributed by atoms with E-state index in [-0.39, 0.29) is 10.7 Å². The van der Waals surface area contributed by atoms with Gasteiger partial charge in [0.1, 0.15) is 11.5 Å². The van der Waals surface area contributed by atoms with Crippen LogP contribution in [0.4, 0.5) is 5.69 Å². The van der Waals surface area contributed by atoms with Crippen molar-refractivity contribution in [3.8, 4) is 11.5 Å². The molecular formula is C14H21NO3S. The van der Waals surface area contributed by atoms with Crippen molar-refractivity contribution in [3.63, 3.8) is 0 Å². The monoisotopic (exact) mass is 283 g/mol. The number of rotatable bonds is 5. The van der Waals surface area contributed by atoms with E-state index in [4.69, 9.17) is 9.47 Å². The highest BCUT2D eigenvalue weighted by molar-refractivity contribution is 8.01. The van der Waals surface area contributed by atoms with Crippen molar-refractivity contribution in [2.24, 2.45) is 0 Å². The molecule has 1 N–H and O–H groups in total. The molecule has 0 radical (unpaired) electrons. The number of nitrogens with one attached hydrogen (secondary N) is 1. The molecule has 106 valence electrons. The summed E-state index contributed by atoms with van der Waals surface area (Å²) in [5.41, 5.74) is 0.677. The van der Waals surface area contributed by atoms with Crippen molar-refractivity contribution in [1.82, 2.24) is 0 Å². The van der Waals surface area contributed by atoms with Crippen LogP contribution in [0.5, 0.6) is 11.5 Å². The topological polar surface area (TPSA) is 47.6 Å². The number of hydrogen-bond donors (Lipinski definition) is 1. The predicted octanol–water partition coefficient (Wildman–Crippen LogP) is 3.17. The number of carbonyl (C=O) groups is 1. The molecule has 0 saturated heterocycles. The molecular weight excluding hydrogens is 262 g/mol. The van der Waals surface area contributed by atoms with E-state index in [2.05, 4.69) is 26.1 Å². The molecule has 0 unspecified atom stereocenters. The summed E-state index contributed by atoms with van der Waals surface area (Å²) in [5.74, 6) is 1.69. The van der Waals surface area contributed by atoms with Gasteiger partial charge in [0.15, 0.2) is 0 Å². The highest BCUT2D eigenvalue weighted by Crippen LogP contribution is 2.27. The van der Waals surface area contributed by atoms with E-state index < -0.39 is 0 Å². The molecule has 5 heteroatoms. The number of thioether (sulfide) groups is 1. The van der Waals surface area contributed by atoms with Gasteiger partial charge >= 0.3 is 0 Å². The summed E-state index contributed by atoms with van der Waals surface area (Å²) in [4.78, 5) is 11.8. The summed E-state index contributed by atoms with van der Waals surface area (Å²) < 4.78 is 10.4. The second-order valence-corrected chi connectivity index (χ2v) is 6.85. The van der Waals surface area contributed by atoms with Gasteiger partial charge in [0.05, 0.1) is 20.0 Å². The van der Waals surface area contributed by atoms with Gasteiger partial charge in [0.25, 0.3) is 0 Å². The van der Waals surface area contributed by atoms with E-state index in [1.54, 1.807) is 44.2 Å². The fourth-order valence-electron chi connectivity index (χ4n) is 1.36. The molecule has 0 fully saturated rings. The average molecular weight is 283 g/mol. The molecule has 19 heavy (non-hydrogen) atoms. The van der Waals surface area contributed by atoms with Crippen LogP contribution in [0.3, 0.4) is 0 Å². The third-order valence-electron chi connectivity index (χ3n) is 2.27. The maximum Gasteiger partial charge on any atom is 0.234 e. The van der Waals surface area contributed by atoms with Gasteiger partial charge in [-0.05, 0) is 0 Å². The fourth-order valence-corrected chi connectivity index (χ4v) is 2.00. The number of benzene rings is 1. The minimum absolute atomic E-state index is 0.0322. The molecule has 4 nitrogen and oxygen atoms in total. The fraction of sp³-hybridized carbons (Fsp3) is 0.500. The van der Waals surface area contributed by atoms with Crippen molar-refractivity contribution in [2.75, 3.05) is 25.3 Å². The Morgan fingerprint density at radius 3 is 2.11 bits per heavy atom. The summed E-state index contributed by atoms with van der Waals surface area (Å²) >= 11 is 1.61. The van der Waals surface area contributed by atoms with E-state index in [1.165, 1.54) is 0 Å². The maximum absolute atomic E-state index is 11.8. The lowest BCUT2D eigenvalue weighted by Crippen LogP contribution is -2.18. The van der Waals surface area contributed by atoms with Gasteiger partial charge in [0.2, 0.25) is 5.91 Å². The van der Waals surface area contributed by atoms with Crippen LogP contribution in [-0.2, 0) is 4.79 Å². The third kappa shape index (κ3) is 5.87. The summed E-state index contributed by atoms with van der Waals surface area (Å²) in [5, 5.41) is 2.84. The standard InChI is InChI=1S/C14H21NO3S/c1-14(2,3)19-9-13(16)15-10-6-11(17-4)8-12(7-10)18-5/h6-8H,9H2,1-5H3,(H,15,16). The largest absolute Gasteiger partial charge is 0.497 e. The number of carbonyl (C=O) groups excluding carboxylic acids is 1. The Balaban J connectivity index is 2.68. The van der Waals surface area contributed by atoms with Crippen molar-refractivity contribution in [2.45, 2.75) is 25.5 Å². The Morgan fingerprint density at radius 2 is 1.68 bits per heavy atom. The number of anilines is 1. The normalized spacial score (nSPS) is 11.0. The Hall–Kier alpha value is -1.36. The van der Waals surface area contributed by atoms with Gasteiger partial charge in [0, 0.05) is 28.6 Å². The molecule has 0 heterocycles. The zero-order valence-electron chi connectivity index (χ0n) is 12.1. The molecule has 1 rings (SSSR count). The minimum Gasteiger partial charge on any atom is -0.497 e. The summed E-state index contributed by atoms with van der Waals surface area (Å²) in [7, 11) is 3.16. The van der Waals surface area contributed by atoms with E-state index in [9.17, 15) is 4.79 Å². The molecule has 0 bridgehead atoms. The average Bonchev–Trinajstić information content (AvgIpc) is 2.35. The van der Waals surface area contributed by atoms with Crippen molar-refractivity contribution >= 4 is 23.4 Å². The molecule has 0 aromatic heterocycles. The lowest BCUT2D eigenvalue weighted by Gasteiger charge is -2.17. The first kappa shape index (κ1) is 15.7. The van der Waals surface area contributed by atoms with Crippen molar-refractivity contribution in [1.29, 1.82) is 0 Å². The Bertz CT molecular complexity index is 419. The lowest BCUT2D eigenvalue weighted by atomic mass is 10.2. The Morgan fingerprint density at radius 1 is 1.16 bits per heavy atom. The first-order chi connectivity index (χ1) is 8.84. The number of hydrogen-bond acceptors (Lipinski definition) is 4. The summed E-state index contributed by atoms with van der Waals surface area (Å²) in [6.07, 6.45) is 0. The van der Waals surface area contributed by atoms with Gasteiger partial charge < -0.3 is 14.8 Å². The van der Waals surface area contributed by atoms with Crippen LogP contribution in [-0.4, -0.2) is 30.6 Å². The smallest absolute Gasteiger partial charge is 0.234 e. The first-order valence-corrected chi connectivity index (χ1v) is 6.99. The van der Waals surface area contributed by atoms with Gasteiger partial charge in [-0.3, -0.25) is 4.79 Å². The zero-order valence-corrected chi connectivity index (χ0v) is 12.9. The molecule has 0 saturated carbocycles. The highest BCUT2D eigenvalue weighted by Gasteiger charge is 2.14. The molecule has 1 amide bonds. The SMILES string of the molecule is COc1cc(NC(=O)CSC(C)(C)C)cc(OC)c1. The van der Waals surface area contributed by atoms with Gasteiger partial charge in [-0.15, -0.1) is 11.8 Å². The Labute approximate surface area is 118 Å². The summed E-state index contributed by atoms with van der Waals surface area (Å²) in [6.45, 7) is 6.25. The van der Waals surface area contributed by atoms with Crippen LogP contribution in [0.15, 0.2) is 18.2 Å². The van der Waals surface area contributed by atoms with Crippen LogP contribution < -0.4 is 14.8 Å². The van der Waals surface area contributed by atoms with Crippen molar-refractivity contribution < 1.29 is 14.3 Å². The molecule has 0 aliphatic heterocycles. The van der Waals surface area contributed by atoms with E-state index in [1.807, 2.05) is 0 Å². The maximum atomic E-state index is 11.8. The molecule has 1 aromatic rings. The molecule has 0 spiro atoms. The minimum atomic E-state index is -0.0322. The summed E-state index contributed by atoms with van der Waals surface area (Å²) in [6, 6.07) is 5.30. The molecule has 1 aromatic carbocycles. The molecule has 0 aliphatic rings. The van der Waals surface area contributed by atoms with Gasteiger partial charge in [-0.2, -0.15) is 0 Å². The second-order valence-electron chi connectivity index (χ2n) is 5.05. The van der Waals surface area contributed by atoms with Crippen LogP contribution in [0, 0.1) is 0 Å². The van der Waals surface area contributed by atoms with E-state index in [0.717, 1.165) is 0 Å². The predicted molar refractivity (Wildman–Crippen MR) is 80.4 cm³/mol. The van der Waals surface area contributed by atoms with Crippen LogP contribution in [0.1, 0.15) is 20.8 Å². The molecule has 0 aliphatic carbocycles. The quantitative estimate of drug-likeness (QED) is 0.901. The zero-order chi connectivity index (χ0) is 14.5. The van der Waals surface area contributed by atoms with E-state index >= 15 is 0 Å². The highest BCUT2D eigenvalue weighted by atomic mass is 32.2. The number of methoxy groups -OCH3 is 2. The first-order valence-electron chi connectivity index (χ1n) is 6.01. The van der Waals surface area contributed by atoms with Crippen molar-refractivity contribution in [3.05, 3.63) is 18.2 Å². The second kappa shape index (κ2) is 6.70. The number of ether oxygens (including phenoxy) is 2. The third-order valence-corrected chi connectivity index (χ3v) is 3.54. The lowest BCUT2D eigenvalue weighted by molar-refractivity contribution is -0.113.